The highest BCUT2D eigenvalue weighted by Gasteiger charge is 2.18. The maximum atomic E-state index is 11.9. The molecule has 0 aliphatic carbocycles. The monoisotopic (exact) mass is 345 g/mol. The third kappa shape index (κ3) is 5.17. The summed E-state index contributed by atoms with van der Waals surface area (Å²) in [4.78, 5) is 26.0. The van der Waals surface area contributed by atoms with Crippen LogP contribution in [0.3, 0.4) is 0 Å². The molecule has 1 amide bonds. The molecule has 25 heavy (non-hydrogen) atoms. The Morgan fingerprint density at radius 2 is 2.00 bits per heavy atom. The van der Waals surface area contributed by atoms with E-state index in [0.29, 0.717) is 18.7 Å². The van der Waals surface area contributed by atoms with Gasteiger partial charge in [-0.2, -0.15) is 0 Å². The zero-order valence-corrected chi connectivity index (χ0v) is 14.0. The number of para-hydroxylation sites is 1. The number of benzene rings is 1. The number of rotatable bonds is 8. The zero-order valence-electron chi connectivity index (χ0n) is 14.0. The Morgan fingerprint density at radius 3 is 2.72 bits per heavy atom. The number of methoxy groups -OCH3 is 1. The molecule has 0 saturated heterocycles. The van der Waals surface area contributed by atoms with Gasteiger partial charge in [-0.05, 0) is 40.1 Å². The van der Waals surface area contributed by atoms with Crippen molar-refractivity contribution >= 4 is 11.7 Å². The van der Waals surface area contributed by atoms with E-state index in [2.05, 4.69) is 10.3 Å². The molecule has 0 fully saturated rings. The Kier molecular flexibility index (Phi) is 6.27. The van der Waals surface area contributed by atoms with Gasteiger partial charge in [0.05, 0.1) is 7.11 Å². The van der Waals surface area contributed by atoms with Crippen molar-refractivity contribution < 1.29 is 19.2 Å². The number of aromatic nitrogens is 1. The van der Waals surface area contributed by atoms with Gasteiger partial charge in [-0.25, -0.2) is 0 Å². The first-order chi connectivity index (χ1) is 12.0. The fourth-order valence-corrected chi connectivity index (χ4v) is 2.21. The average Bonchev–Trinajstić information content (AvgIpc) is 2.61. The second kappa shape index (κ2) is 8.62. The Bertz CT molecular complexity index is 764. The van der Waals surface area contributed by atoms with Gasteiger partial charge in [0.1, 0.15) is 11.4 Å². The van der Waals surface area contributed by atoms with E-state index in [1.165, 1.54) is 6.07 Å². The molecule has 8 heteroatoms. The second-order valence-electron chi connectivity index (χ2n) is 5.23. The van der Waals surface area contributed by atoms with Gasteiger partial charge in [-0.15, -0.1) is 0 Å². The summed E-state index contributed by atoms with van der Waals surface area (Å²) < 4.78 is 10.5. The van der Waals surface area contributed by atoms with Gasteiger partial charge in [-0.3, -0.25) is 4.79 Å². The first-order valence-electron chi connectivity index (χ1n) is 7.64. The normalized spacial score (nSPS) is 10.2. The van der Waals surface area contributed by atoms with E-state index in [1.807, 2.05) is 24.3 Å². The lowest BCUT2D eigenvalue weighted by molar-refractivity contribution is -0.390. The van der Waals surface area contributed by atoms with Gasteiger partial charge < -0.3 is 24.9 Å². The molecule has 1 heterocycles. The van der Waals surface area contributed by atoms with Crippen LogP contribution >= 0.6 is 0 Å². The minimum Gasteiger partial charge on any atom is -0.496 e. The number of pyridine rings is 1. The van der Waals surface area contributed by atoms with Crippen molar-refractivity contribution in [3.63, 3.8) is 0 Å². The van der Waals surface area contributed by atoms with Gasteiger partial charge in [0.2, 0.25) is 5.75 Å². The molecule has 8 nitrogen and oxygen atoms in total. The second-order valence-corrected chi connectivity index (χ2v) is 5.23. The third-order valence-corrected chi connectivity index (χ3v) is 3.42. The zero-order chi connectivity index (χ0) is 18.2. The molecule has 1 aromatic heterocycles. The predicted molar refractivity (Wildman–Crippen MR) is 90.8 cm³/mol. The summed E-state index contributed by atoms with van der Waals surface area (Å²) in [6, 6.07) is 10.6. The van der Waals surface area contributed by atoms with E-state index in [4.69, 9.17) is 9.47 Å². The van der Waals surface area contributed by atoms with Crippen molar-refractivity contribution in [2.45, 2.75) is 13.3 Å². The molecule has 0 radical (unpaired) electrons. The summed E-state index contributed by atoms with van der Waals surface area (Å²) in [5.41, 5.74) is 1.48. The number of hydrogen-bond donors (Lipinski definition) is 1. The van der Waals surface area contributed by atoms with Crippen molar-refractivity contribution in [3.8, 4) is 11.5 Å². The fourth-order valence-electron chi connectivity index (χ4n) is 2.21. The van der Waals surface area contributed by atoms with Crippen LogP contribution < -0.4 is 14.8 Å². The number of nitrogens with one attached hydrogen (secondary N) is 1. The van der Waals surface area contributed by atoms with Crippen LogP contribution in [0.25, 0.3) is 0 Å². The number of nitrogens with zero attached hydrogens (tertiary/aromatic N) is 2. The SMILES string of the molecule is COc1ccccc1CCNC(=O)COc1ccc(C)nc1[N+](=O)[O-]. The van der Waals surface area contributed by atoms with Gasteiger partial charge in [0, 0.05) is 13.5 Å². The number of hydrogen-bond acceptors (Lipinski definition) is 6. The molecule has 0 aliphatic heterocycles. The minimum absolute atomic E-state index is 0.0320. The smallest absolute Gasteiger partial charge is 0.406 e. The van der Waals surface area contributed by atoms with Crippen LogP contribution in [0.15, 0.2) is 36.4 Å². The molecule has 0 bridgehead atoms. The maximum absolute atomic E-state index is 11.9. The predicted octanol–water partition coefficient (Wildman–Crippen LogP) is 2.04. The fraction of sp³-hybridized carbons (Fsp3) is 0.294. The van der Waals surface area contributed by atoms with Gasteiger partial charge in [-0.1, -0.05) is 18.2 Å². The van der Waals surface area contributed by atoms with E-state index in [1.54, 1.807) is 20.1 Å². The van der Waals surface area contributed by atoms with Crippen molar-refractivity contribution in [2.75, 3.05) is 20.3 Å². The highest BCUT2D eigenvalue weighted by molar-refractivity contribution is 5.77. The van der Waals surface area contributed by atoms with Crippen molar-refractivity contribution in [1.82, 2.24) is 10.3 Å². The van der Waals surface area contributed by atoms with Crippen molar-refractivity contribution in [2.24, 2.45) is 0 Å². The van der Waals surface area contributed by atoms with E-state index >= 15 is 0 Å². The largest absolute Gasteiger partial charge is 0.496 e. The maximum Gasteiger partial charge on any atom is 0.406 e. The average molecular weight is 345 g/mol. The van der Waals surface area contributed by atoms with Crippen LogP contribution in [0.4, 0.5) is 5.82 Å². The van der Waals surface area contributed by atoms with E-state index in [0.717, 1.165) is 11.3 Å². The van der Waals surface area contributed by atoms with Crippen LogP contribution in [0.5, 0.6) is 11.5 Å². The Hall–Kier alpha value is -3.16. The summed E-state index contributed by atoms with van der Waals surface area (Å²) in [5.74, 6) is -0.0450. The van der Waals surface area contributed by atoms with Crippen LogP contribution in [-0.4, -0.2) is 36.1 Å². The van der Waals surface area contributed by atoms with Crippen LogP contribution in [0.1, 0.15) is 11.3 Å². The highest BCUT2D eigenvalue weighted by atomic mass is 16.6. The van der Waals surface area contributed by atoms with Gasteiger partial charge >= 0.3 is 5.82 Å². The first-order valence-corrected chi connectivity index (χ1v) is 7.64. The number of carbonyl (C=O) groups excluding carboxylic acids is 1. The Labute approximate surface area is 144 Å². The number of carbonyl (C=O) groups is 1. The van der Waals surface area contributed by atoms with E-state index in [-0.39, 0.29) is 18.3 Å². The van der Waals surface area contributed by atoms with Gasteiger partial charge in [0.25, 0.3) is 5.91 Å². The topological polar surface area (TPSA) is 104 Å². The van der Waals surface area contributed by atoms with Crippen LogP contribution in [0.2, 0.25) is 0 Å². The summed E-state index contributed by atoms with van der Waals surface area (Å²) in [6.45, 7) is 1.72. The van der Waals surface area contributed by atoms with Crippen LogP contribution in [0, 0.1) is 17.0 Å². The molecule has 0 aliphatic rings. The molecule has 0 saturated carbocycles. The quantitative estimate of drug-likeness (QED) is 0.580. The summed E-state index contributed by atoms with van der Waals surface area (Å²) >= 11 is 0. The molecule has 0 spiro atoms. The molecule has 132 valence electrons. The third-order valence-electron chi connectivity index (χ3n) is 3.42. The van der Waals surface area contributed by atoms with Gasteiger partial charge in [0.15, 0.2) is 6.61 Å². The van der Waals surface area contributed by atoms with E-state index < -0.39 is 10.7 Å². The highest BCUT2D eigenvalue weighted by Crippen LogP contribution is 2.24. The summed E-state index contributed by atoms with van der Waals surface area (Å²) in [5, 5.41) is 13.7. The molecule has 2 aromatic rings. The lowest BCUT2D eigenvalue weighted by atomic mass is 10.1. The number of amides is 1. The molecular weight excluding hydrogens is 326 g/mol. The standard InChI is InChI=1S/C17H19N3O5/c1-12-7-8-15(17(19-12)20(22)23)25-11-16(21)18-10-9-13-5-3-4-6-14(13)24-2/h3-8H,9-11H2,1-2H3,(H,18,21). The lowest BCUT2D eigenvalue weighted by Gasteiger charge is -2.10. The van der Waals surface area contributed by atoms with Crippen molar-refractivity contribution in [3.05, 3.63) is 57.8 Å². The molecular formula is C17H19N3O5. The number of aryl methyl sites for hydroxylation is 1. The first kappa shape index (κ1) is 18.2. The molecule has 0 unspecified atom stereocenters. The summed E-state index contributed by atoms with van der Waals surface area (Å²) in [7, 11) is 1.59. The molecule has 1 N–H and O–H groups in total. The molecule has 0 atom stereocenters. The number of ether oxygens (including phenoxy) is 2. The Morgan fingerprint density at radius 1 is 1.24 bits per heavy atom. The van der Waals surface area contributed by atoms with Crippen molar-refractivity contribution in [1.29, 1.82) is 0 Å². The van der Waals surface area contributed by atoms with Crippen LogP contribution in [-0.2, 0) is 11.2 Å². The van der Waals surface area contributed by atoms with E-state index in [9.17, 15) is 14.9 Å². The summed E-state index contributed by atoms with van der Waals surface area (Å²) in [6.07, 6.45) is 0.599. The Balaban J connectivity index is 1.84. The number of nitro groups is 1. The lowest BCUT2D eigenvalue weighted by Crippen LogP contribution is -2.30. The molecule has 2 rings (SSSR count). The molecule has 1 aromatic carbocycles. The minimum atomic E-state index is -0.637.